The highest BCUT2D eigenvalue weighted by molar-refractivity contribution is 5.48. The monoisotopic (exact) mass is 338 g/mol. The Morgan fingerprint density at radius 2 is 2.08 bits per heavy atom. The molecular weight excluding hydrogens is 312 g/mol. The van der Waals surface area contributed by atoms with Gasteiger partial charge in [0, 0.05) is 25.0 Å². The molecule has 0 radical (unpaired) electrons. The van der Waals surface area contributed by atoms with E-state index in [4.69, 9.17) is 4.52 Å². The lowest BCUT2D eigenvalue weighted by atomic mass is 10.1. The first-order valence-corrected chi connectivity index (χ1v) is 9.36. The minimum Gasteiger partial charge on any atom is -0.339 e. The van der Waals surface area contributed by atoms with Crippen molar-refractivity contribution in [3.05, 3.63) is 53.7 Å². The minimum atomic E-state index is 0.531. The Kier molecular flexibility index (Phi) is 5.23. The summed E-state index contributed by atoms with van der Waals surface area (Å²) in [4.78, 5) is 6.98. The molecule has 5 nitrogen and oxygen atoms in total. The number of hydrogen-bond donors (Lipinski definition) is 1. The Bertz CT molecular complexity index is 693. The van der Waals surface area contributed by atoms with E-state index in [-0.39, 0.29) is 0 Å². The molecule has 0 bridgehead atoms. The fourth-order valence-electron chi connectivity index (χ4n) is 3.39. The lowest BCUT2D eigenvalue weighted by Gasteiger charge is -2.32. The zero-order valence-corrected chi connectivity index (χ0v) is 14.6. The van der Waals surface area contributed by atoms with Crippen molar-refractivity contribution in [1.29, 1.82) is 0 Å². The van der Waals surface area contributed by atoms with Crippen molar-refractivity contribution >= 4 is 6.08 Å². The Morgan fingerprint density at radius 1 is 1.20 bits per heavy atom. The van der Waals surface area contributed by atoms with Gasteiger partial charge in [-0.15, -0.1) is 0 Å². The molecule has 1 saturated carbocycles. The molecule has 1 aliphatic carbocycles. The molecule has 1 N–H and O–H groups in total. The second-order valence-electron chi connectivity index (χ2n) is 7.12. The standard InChI is InChI=1S/C20H26N4O/c1-2-6-16(7-3-1)8-4-12-21-18-9-5-13-24(14-18)15-19-22-20(25-23-19)17-10-11-17/h1-4,6-8,17-18,21H,5,9-15H2/b8-4-/t18-/m1/s1. The summed E-state index contributed by atoms with van der Waals surface area (Å²) in [6, 6.07) is 11.0. The molecule has 5 heteroatoms. The molecule has 1 aromatic carbocycles. The number of nitrogens with zero attached hydrogens (tertiary/aromatic N) is 3. The van der Waals surface area contributed by atoms with Crippen molar-refractivity contribution in [3.63, 3.8) is 0 Å². The van der Waals surface area contributed by atoms with E-state index in [1.165, 1.54) is 31.2 Å². The molecule has 2 aliphatic rings. The predicted octanol–water partition coefficient (Wildman–Crippen LogP) is 3.21. The summed E-state index contributed by atoms with van der Waals surface area (Å²) < 4.78 is 5.37. The molecule has 0 unspecified atom stereocenters. The third-order valence-electron chi connectivity index (χ3n) is 4.92. The number of aromatic nitrogens is 2. The maximum Gasteiger partial charge on any atom is 0.229 e. The minimum absolute atomic E-state index is 0.531. The van der Waals surface area contributed by atoms with E-state index in [1.807, 2.05) is 6.07 Å². The summed E-state index contributed by atoms with van der Waals surface area (Å²) in [5, 5.41) is 7.79. The van der Waals surface area contributed by atoms with Crippen LogP contribution in [0.5, 0.6) is 0 Å². The molecule has 2 fully saturated rings. The van der Waals surface area contributed by atoms with Crippen LogP contribution in [-0.2, 0) is 6.54 Å². The summed E-state index contributed by atoms with van der Waals surface area (Å²) in [7, 11) is 0. The Morgan fingerprint density at radius 3 is 2.92 bits per heavy atom. The zero-order chi connectivity index (χ0) is 16.9. The zero-order valence-electron chi connectivity index (χ0n) is 14.6. The van der Waals surface area contributed by atoms with Gasteiger partial charge in [0.1, 0.15) is 0 Å². The summed E-state index contributed by atoms with van der Waals surface area (Å²) >= 11 is 0. The first-order valence-electron chi connectivity index (χ1n) is 9.36. The lowest BCUT2D eigenvalue weighted by Crippen LogP contribution is -2.45. The van der Waals surface area contributed by atoms with Crippen molar-refractivity contribution < 1.29 is 4.52 Å². The number of hydrogen-bond acceptors (Lipinski definition) is 5. The number of likely N-dealkylation sites (tertiary alicyclic amines) is 1. The molecule has 2 aromatic rings. The molecule has 1 atom stereocenters. The molecule has 1 saturated heterocycles. The largest absolute Gasteiger partial charge is 0.339 e. The van der Waals surface area contributed by atoms with Crippen LogP contribution < -0.4 is 5.32 Å². The van der Waals surface area contributed by atoms with E-state index in [0.29, 0.717) is 12.0 Å². The average molecular weight is 338 g/mol. The van der Waals surface area contributed by atoms with E-state index in [2.05, 4.69) is 56.8 Å². The van der Waals surface area contributed by atoms with Crippen molar-refractivity contribution in [1.82, 2.24) is 20.4 Å². The van der Waals surface area contributed by atoms with Gasteiger partial charge < -0.3 is 9.84 Å². The van der Waals surface area contributed by atoms with Crippen molar-refractivity contribution in [3.8, 4) is 0 Å². The number of piperidine rings is 1. The van der Waals surface area contributed by atoms with E-state index >= 15 is 0 Å². The van der Waals surface area contributed by atoms with E-state index in [0.717, 1.165) is 37.9 Å². The van der Waals surface area contributed by atoms with Crippen LogP contribution >= 0.6 is 0 Å². The van der Waals surface area contributed by atoms with Gasteiger partial charge in [-0.1, -0.05) is 47.6 Å². The SMILES string of the molecule is C(=C/c1ccccc1)/CN[C@@H]1CCCN(Cc2noc(C3CC3)n2)C1. The van der Waals surface area contributed by atoms with E-state index < -0.39 is 0 Å². The molecule has 2 heterocycles. The molecule has 1 aromatic heterocycles. The van der Waals surface area contributed by atoms with Gasteiger partial charge in [-0.25, -0.2) is 0 Å². The van der Waals surface area contributed by atoms with Crippen LogP contribution in [0.15, 0.2) is 40.9 Å². The average Bonchev–Trinajstić information content (AvgIpc) is 3.40. The topological polar surface area (TPSA) is 54.2 Å². The van der Waals surface area contributed by atoms with Crippen LogP contribution in [0.4, 0.5) is 0 Å². The highest BCUT2D eigenvalue weighted by atomic mass is 16.5. The second-order valence-corrected chi connectivity index (χ2v) is 7.12. The normalized spacial score (nSPS) is 21.8. The summed E-state index contributed by atoms with van der Waals surface area (Å²) in [5.74, 6) is 2.22. The number of rotatable bonds is 7. The van der Waals surface area contributed by atoms with Crippen LogP contribution in [0.1, 0.15) is 48.9 Å². The van der Waals surface area contributed by atoms with E-state index in [9.17, 15) is 0 Å². The fourth-order valence-corrected chi connectivity index (χ4v) is 3.39. The van der Waals surface area contributed by atoms with Gasteiger partial charge in [0.25, 0.3) is 0 Å². The fraction of sp³-hybridized carbons (Fsp3) is 0.500. The highest BCUT2D eigenvalue weighted by Gasteiger charge is 2.30. The first kappa shape index (κ1) is 16.5. The number of benzene rings is 1. The van der Waals surface area contributed by atoms with Crippen LogP contribution in [0.25, 0.3) is 6.08 Å². The van der Waals surface area contributed by atoms with E-state index in [1.54, 1.807) is 0 Å². The Labute approximate surface area is 149 Å². The van der Waals surface area contributed by atoms with Crippen molar-refractivity contribution in [2.24, 2.45) is 0 Å². The van der Waals surface area contributed by atoms with Gasteiger partial charge in [0.05, 0.1) is 6.54 Å². The van der Waals surface area contributed by atoms with Gasteiger partial charge in [-0.2, -0.15) is 4.98 Å². The molecule has 0 spiro atoms. The van der Waals surface area contributed by atoms with Crippen LogP contribution in [-0.4, -0.2) is 40.7 Å². The van der Waals surface area contributed by atoms with Crippen molar-refractivity contribution in [2.75, 3.05) is 19.6 Å². The summed E-state index contributed by atoms with van der Waals surface area (Å²) in [6.07, 6.45) is 9.23. The van der Waals surface area contributed by atoms with Crippen LogP contribution in [0.2, 0.25) is 0 Å². The van der Waals surface area contributed by atoms with Crippen molar-refractivity contribution in [2.45, 2.75) is 44.2 Å². The molecule has 4 rings (SSSR count). The van der Waals surface area contributed by atoms with Crippen LogP contribution in [0.3, 0.4) is 0 Å². The highest BCUT2D eigenvalue weighted by Crippen LogP contribution is 2.38. The Hall–Kier alpha value is -1.98. The maximum absolute atomic E-state index is 5.37. The first-order chi connectivity index (χ1) is 12.4. The molecule has 0 amide bonds. The van der Waals surface area contributed by atoms with Gasteiger partial charge in [-0.05, 0) is 37.8 Å². The predicted molar refractivity (Wildman–Crippen MR) is 98.1 cm³/mol. The molecule has 1 aliphatic heterocycles. The van der Waals surface area contributed by atoms with Crippen LogP contribution in [0, 0.1) is 0 Å². The maximum atomic E-state index is 5.37. The summed E-state index contributed by atoms with van der Waals surface area (Å²) in [6.45, 7) is 3.87. The molecular formula is C20H26N4O. The van der Waals surface area contributed by atoms with Gasteiger partial charge in [0.2, 0.25) is 5.89 Å². The van der Waals surface area contributed by atoms with Gasteiger partial charge in [-0.3, -0.25) is 4.90 Å². The Balaban J connectivity index is 1.22. The summed E-state index contributed by atoms with van der Waals surface area (Å²) in [5.41, 5.74) is 1.25. The molecule has 132 valence electrons. The molecule has 25 heavy (non-hydrogen) atoms. The smallest absolute Gasteiger partial charge is 0.229 e. The third kappa shape index (κ3) is 4.77. The number of nitrogens with one attached hydrogen (secondary N) is 1. The third-order valence-corrected chi connectivity index (χ3v) is 4.92. The van der Waals surface area contributed by atoms with Gasteiger partial charge >= 0.3 is 0 Å². The lowest BCUT2D eigenvalue weighted by molar-refractivity contribution is 0.180. The quantitative estimate of drug-likeness (QED) is 0.840. The van der Waals surface area contributed by atoms with Gasteiger partial charge in [0.15, 0.2) is 5.82 Å². The second kappa shape index (κ2) is 7.93.